The van der Waals surface area contributed by atoms with Crippen LogP contribution in [0.4, 0.5) is 0 Å². The van der Waals surface area contributed by atoms with Crippen molar-refractivity contribution in [3.8, 4) is 0 Å². The molecule has 2 aliphatic rings. The Morgan fingerprint density at radius 3 is 2.50 bits per heavy atom. The van der Waals surface area contributed by atoms with Gasteiger partial charge in [0, 0.05) is 5.41 Å². The van der Waals surface area contributed by atoms with Gasteiger partial charge in [-0.15, -0.1) is 0 Å². The molecule has 80 valence electrons. The van der Waals surface area contributed by atoms with Crippen LogP contribution in [0, 0.1) is 0 Å². The average molecular weight is 216 g/mol. The van der Waals surface area contributed by atoms with Gasteiger partial charge in [-0.1, -0.05) is 25.3 Å². The van der Waals surface area contributed by atoms with Gasteiger partial charge in [0.2, 0.25) is 10.0 Å². The summed E-state index contributed by atoms with van der Waals surface area (Å²) in [5.74, 6) is 0. The first-order valence-electron chi connectivity index (χ1n) is 5.03. The van der Waals surface area contributed by atoms with E-state index in [1.807, 2.05) is 6.08 Å². The van der Waals surface area contributed by atoms with E-state index in [4.69, 9.17) is 5.73 Å². The fourth-order valence-electron chi connectivity index (χ4n) is 2.49. The van der Waals surface area contributed by atoms with Crippen molar-refractivity contribution < 1.29 is 8.42 Å². The molecule has 0 amide bonds. The maximum absolute atomic E-state index is 11.6. The van der Waals surface area contributed by atoms with Gasteiger partial charge < -0.3 is 5.73 Å². The lowest BCUT2D eigenvalue weighted by Crippen LogP contribution is -2.49. The van der Waals surface area contributed by atoms with Gasteiger partial charge in [-0.05, 0) is 12.8 Å². The van der Waals surface area contributed by atoms with Crippen LogP contribution in [0.3, 0.4) is 0 Å². The quantitative estimate of drug-likeness (QED) is 0.704. The van der Waals surface area contributed by atoms with Crippen LogP contribution in [-0.4, -0.2) is 24.9 Å². The van der Waals surface area contributed by atoms with Crippen molar-refractivity contribution in [1.82, 2.24) is 4.31 Å². The summed E-state index contributed by atoms with van der Waals surface area (Å²) < 4.78 is 24.7. The van der Waals surface area contributed by atoms with Gasteiger partial charge in [0.05, 0.1) is 12.2 Å². The van der Waals surface area contributed by atoms with Crippen molar-refractivity contribution in [2.75, 3.05) is 6.67 Å². The molecule has 0 atom stereocenters. The molecular formula is C9H16N2O2S. The first kappa shape index (κ1) is 10.1. The van der Waals surface area contributed by atoms with E-state index in [0.29, 0.717) is 0 Å². The maximum atomic E-state index is 11.6. The van der Waals surface area contributed by atoms with Crippen LogP contribution in [0.5, 0.6) is 0 Å². The number of rotatable bonds is 1. The fraction of sp³-hybridized carbons (Fsp3) is 0.778. The zero-order valence-corrected chi connectivity index (χ0v) is 8.96. The molecule has 0 unspecified atom stereocenters. The summed E-state index contributed by atoms with van der Waals surface area (Å²) in [6.45, 7) is 0.0926. The Hall–Kier alpha value is -0.390. The zero-order chi connectivity index (χ0) is 10.2. The Balaban J connectivity index is 2.32. The minimum Gasteiger partial charge on any atom is -0.317 e. The van der Waals surface area contributed by atoms with Crippen LogP contribution >= 0.6 is 0 Å². The second-order valence-corrected chi connectivity index (χ2v) is 5.79. The summed E-state index contributed by atoms with van der Waals surface area (Å²) in [6.07, 6.45) is 7.05. The van der Waals surface area contributed by atoms with E-state index in [1.54, 1.807) is 0 Å². The second kappa shape index (κ2) is 3.32. The number of hydrogen-bond donors (Lipinski definition) is 1. The molecule has 5 heteroatoms. The average Bonchev–Trinajstić information content (AvgIpc) is 2.40. The van der Waals surface area contributed by atoms with Gasteiger partial charge >= 0.3 is 0 Å². The molecule has 0 saturated heterocycles. The van der Waals surface area contributed by atoms with Crippen molar-refractivity contribution in [3.63, 3.8) is 0 Å². The Bertz CT molecular complexity index is 342. The third kappa shape index (κ3) is 1.39. The number of nitrogens with two attached hydrogens (primary N) is 1. The molecular weight excluding hydrogens is 200 g/mol. The zero-order valence-electron chi connectivity index (χ0n) is 8.15. The van der Waals surface area contributed by atoms with Crippen LogP contribution in [0.15, 0.2) is 11.5 Å². The normalized spacial score (nSPS) is 29.8. The van der Waals surface area contributed by atoms with E-state index in [2.05, 4.69) is 0 Å². The molecule has 1 aliphatic carbocycles. The summed E-state index contributed by atoms with van der Waals surface area (Å²) in [6, 6.07) is 0. The highest BCUT2D eigenvalue weighted by Gasteiger charge is 2.45. The van der Waals surface area contributed by atoms with Crippen LogP contribution in [0.2, 0.25) is 0 Å². The molecule has 4 nitrogen and oxygen atoms in total. The van der Waals surface area contributed by atoms with Gasteiger partial charge in [0.25, 0.3) is 0 Å². The predicted molar refractivity (Wildman–Crippen MR) is 54.8 cm³/mol. The monoisotopic (exact) mass is 216 g/mol. The molecule has 2 N–H and O–H groups in total. The summed E-state index contributed by atoms with van der Waals surface area (Å²) in [7, 11) is -3.22. The highest BCUT2D eigenvalue weighted by atomic mass is 32.2. The standard InChI is InChI=1S/C9H16N2O2S/c10-8-11-9(4-2-1-3-5-9)6-7-14(11,12)13/h6-7H,1-5,8,10H2. The van der Waals surface area contributed by atoms with Crippen molar-refractivity contribution >= 4 is 10.0 Å². The van der Waals surface area contributed by atoms with Gasteiger partial charge in [-0.3, -0.25) is 0 Å². The van der Waals surface area contributed by atoms with Crippen molar-refractivity contribution in [2.45, 2.75) is 37.6 Å². The van der Waals surface area contributed by atoms with Gasteiger partial charge in [-0.25, -0.2) is 8.42 Å². The molecule has 0 radical (unpaired) electrons. The SMILES string of the molecule is NCN1C2(C=CS1(=O)=O)CCCCC2. The molecule has 1 aliphatic heterocycles. The molecule has 1 spiro atoms. The third-order valence-corrected chi connectivity index (χ3v) is 4.85. The van der Waals surface area contributed by atoms with E-state index in [0.717, 1.165) is 25.7 Å². The summed E-state index contributed by atoms with van der Waals surface area (Å²) in [4.78, 5) is 0. The second-order valence-electron chi connectivity index (χ2n) is 4.04. The lowest BCUT2D eigenvalue weighted by Gasteiger charge is -2.38. The van der Waals surface area contributed by atoms with Gasteiger partial charge in [-0.2, -0.15) is 4.31 Å². The maximum Gasteiger partial charge on any atom is 0.237 e. The van der Waals surface area contributed by atoms with Crippen LogP contribution < -0.4 is 5.73 Å². The van der Waals surface area contributed by atoms with E-state index in [1.165, 1.54) is 16.1 Å². The molecule has 0 aromatic rings. The Morgan fingerprint density at radius 2 is 1.93 bits per heavy atom. The van der Waals surface area contributed by atoms with Crippen molar-refractivity contribution in [3.05, 3.63) is 11.5 Å². The van der Waals surface area contributed by atoms with E-state index in [9.17, 15) is 8.42 Å². The predicted octanol–water partition coefficient (Wildman–Crippen LogP) is 0.765. The summed E-state index contributed by atoms with van der Waals surface area (Å²) >= 11 is 0. The number of nitrogens with zero attached hydrogens (tertiary/aromatic N) is 1. The Morgan fingerprint density at radius 1 is 1.29 bits per heavy atom. The lowest BCUT2D eigenvalue weighted by atomic mass is 9.82. The van der Waals surface area contributed by atoms with Crippen molar-refractivity contribution in [2.24, 2.45) is 5.73 Å². The highest BCUT2D eigenvalue weighted by Crippen LogP contribution is 2.40. The Labute approximate surface area is 84.8 Å². The van der Waals surface area contributed by atoms with Gasteiger partial charge in [0.15, 0.2) is 0 Å². The van der Waals surface area contributed by atoms with Gasteiger partial charge in [0.1, 0.15) is 0 Å². The molecule has 1 fully saturated rings. The number of hydrogen-bond acceptors (Lipinski definition) is 3. The van der Waals surface area contributed by atoms with Crippen LogP contribution in [-0.2, 0) is 10.0 Å². The largest absolute Gasteiger partial charge is 0.317 e. The first-order valence-corrected chi connectivity index (χ1v) is 6.53. The Kier molecular flexibility index (Phi) is 2.41. The highest BCUT2D eigenvalue weighted by molar-refractivity contribution is 7.92. The molecule has 14 heavy (non-hydrogen) atoms. The lowest BCUT2D eigenvalue weighted by molar-refractivity contribution is 0.190. The molecule has 1 heterocycles. The van der Waals surface area contributed by atoms with Crippen molar-refractivity contribution in [1.29, 1.82) is 0 Å². The smallest absolute Gasteiger partial charge is 0.237 e. The van der Waals surface area contributed by atoms with E-state index >= 15 is 0 Å². The molecule has 1 saturated carbocycles. The minimum absolute atomic E-state index is 0.0926. The van der Waals surface area contributed by atoms with E-state index < -0.39 is 10.0 Å². The van der Waals surface area contributed by atoms with Crippen LogP contribution in [0.25, 0.3) is 0 Å². The topological polar surface area (TPSA) is 63.4 Å². The minimum atomic E-state index is -3.22. The summed E-state index contributed by atoms with van der Waals surface area (Å²) in [5.41, 5.74) is 5.24. The fourth-order valence-corrected chi connectivity index (χ4v) is 4.02. The molecule has 0 aromatic carbocycles. The molecule has 0 aromatic heterocycles. The van der Waals surface area contributed by atoms with E-state index in [-0.39, 0.29) is 12.2 Å². The number of sulfonamides is 1. The summed E-state index contributed by atoms with van der Waals surface area (Å²) in [5, 5.41) is 1.31. The molecule has 0 bridgehead atoms. The first-order chi connectivity index (χ1) is 6.61. The van der Waals surface area contributed by atoms with Crippen LogP contribution in [0.1, 0.15) is 32.1 Å². The third-order valence-electron chi connectivity index (χ3n) is 3.24. The molecule has 2 rings (SSSR count).